The second kappa shape index (κ2) is 7.06. The highest BCUT2D eigenvalue weighted by Gasteiger charge is 2.29. The lowest BCUT2D eigenvalue weighted by Crippen LogP contribution is -2.41. The first-order valence-electron chi connectivity index (χ1n) is 6.47. The van der Waals surface area contributed by atoms with Crippen LogP contribution in [0.4, 0.5) is 0 Å². The van der Waals surface area contributed by atoms with E-state index in [0.29, 0.717) is 13.2 Å². The third-order valence-corrected chi connectivity index (χ3v) is 5.25. The van der Waals surface area contributed by atoms with Crippen molar-refractivity contribution in [3.8, 4) is 0 Å². The van der Waals surface area contributed by atoms with Gasteiger partial charge in [0.15, 0.2) is 0 Å². The molecule has 3 N–H and O–H groups in total. The Kier molecular flexibility index (Phi) is 6.02. The molecule has 1 aliphatic rings. The summed E-state index contributed by atoms with van der Waals surface area (Å²) in [5, 5.41) is 11.5. The molecule has 0 bridgehead atoms. The van der Waals surface area contributed by atoms with E-state index in [0.717, 1.165) is 12.8 Å². The van der Waals surface area contributed by atoms with E-state index in [1.165, 1.54) is 4.31 Å². The lowest BCUT2D eigenvalue weighted by atomic mass is 10.1. The number of nitrogens with zero attached hydrogens (tertiary/aromatic N) is 2. The van der Waals surface area contributed by atoms with Crippen LogP contribution in [0.3, 0.4) is 0 Å². The third-order valence-electron chi connectivity index (χ3n) is 3.26. The molecule has 1 rings (SSSR count). The van der Waals surface area contributed by atoms with Crippen molar-refractivity contribution in [2.45, 2.75) is 32.8 Å². The van der Waals surface area contributed by atoms with Crippen LogP contribution in [0.25, 0.3) is 0 Å². The largest absolute Gasteiger partial charge is 0.409 e. The molecule has 112 valence electrons. The van der Waals surface area contributed by atoms with Gasteiger partial charge >= 0.3 is 0 Å². The van der Waals surface area contributed by atoms with Gasteiger partial charge in [0.25, 0.3) is 0 Å². The van der Waals surface area contributed by atoms with E-state index < -0.39 is 10.0 Å². The van der Waals surface area contributed by atoms with Crippen LogP contribution in [0.5, 0.6) is 0 Å². The average molecular weight is 293 g/mol. The van der Waals surface area contributed by atoms with Crippen LogP contribution >= 0.6 is 0 Å². The van der Waals surface area contributed by atoms with Gasteiger partial charge in [-0.25, -0.2) is 12.7 Å². The highest BCUT2D eigenvalue weighted by Crippen LogP contribution is 2.17. The summed E-state index contributed by atoms with van der Waals surface area (Å²) in [4.78, 5) is 0. The molecule has 0 aliphatic carbocycles. The quantitative estimate of drug-likeness (QED) is 0.302. The topological polar surface area (TPSA) is 105 Å². The molecule has 19 heavy (non-hydrogen) atoms. The van der Waals surface area contributed by atoms with Gasteiger partial charge in [-0.1, -0.05) is 19.0 Å². The van der Waals surface area contributed by atoms with Crippen LogP contribution in [-0.4, -0.2) is 55.3 Å². The Labute approximate surface area is 114 Å². The molecule has 0 amide bonds. The van der Waals surface area contributed by atoms with Gasteiger partial charge in [0.2, 0.25) is 10.0 Å². The Morgan fingerprint density at radius 3 is 2.79 bits per heavy atom. The molecule has 0 aromatic rings. The van der Waals surface area contributed by atoms with Crippen LogP contribution in [0.2, 0.25) is 0 Å². The van der Waals surface area contributed by atoms with Crippen LogP contribution in [0, 0.1) is 5.92 Å². The summed E-state index contributed by atoms with van der Waals surface area (Å²) >= 11 is 0. The number of nitrogens with two attached hydrogens (primary N) is 1. The molecule has 1 fully saturated rings. The molecular weight excluding hydrogens is 270 g/mol. The highest BCUT2D eigenvalue weighted by molar-refractivity contribution is 7.89. The second-order valence-corrected chi connectivity index (χ2v) is 6.80. The van der Waals surface area contributed by atoms with E-state index in [1.807, 2.05) is 0 Å². The molecule has 8 heteroatoms. The maximum atomic E-state index is 12.3. The number of oxime groups is 1. The normalized spacial score (nSPS) is 22.9. The highest BCUT2D eigenvalue weighted by atomic mass is 32.2. The smallest absolute Gasteiger partial charge is 0.216 e. The monoisotopic (exact) mass is 293 g/mol. The lowest BCUT2D eigenvalue weighted by Gasteiger charge is -2.24. The fourth-order valence-electron chi connectivity index (χ4n) is 2.05. The molecule has 1 saturated heterocycles. The minimum absolute atomic E-state index is 0.00370. The van der Waals surface area contributed by atoms with Gasteiger partial charge in [0, 0.05) is 25.6 Å². The molecule has 0 spiro atoms. The summed E-state index contributed by atoms with van der Waals surface area (Å²) in [5.41, 5.74) is 5.48. The van der Waals surface area contributed by atoms with E-state index in [1.54, 1.807) is 13.8 Å². The van der Waals surface area contributed by atoms with Gasteiger partial charge in [-0.3, -0.25) is 0 Å². The number of hydrogen-bond donors (Lipinski definition) is 2. The predicted molar refractivity (Wildman–Crippen MR) is 72.6 cm³/mol. The number of amidine groups is 1. The summed E-state index contributed by atoms with van der Waals surface area (Å²) in [7, 11) is -3.38. The maximum Gasteiger partial charge on any atom is 0.216 e. The van der Waals surface area contributed by atoms with Gasteiger partial charge in [0.05, 0.1) is 11.9 Å². The van der Waals surface area contributed by atoms with Crippen molar-refractivity contribution < 1.29 is 18.4 Å². The fourth-order valence-corrected chi connectivity index (χ4v) is 3.84. The first kappa shape index (κ1) is 16.2. The van der Waals surface area contributed by atoms with Crippen molar-refractivity contribution in [1.82, 2.24) is 4.31 Å². The van der Waals surface area contributed by atoms with Gasteiger partial charge in [-0.05, 0) is 12.8 Å². The molecule has 0 aromatic heterocycles. The van der Waals surface area contributed by atoms with Crippen molar-refractivity contribution >= 4 is 15.9 Å². The minimum atomic E-state index is -3.38. The molecule has 2 atom stereocenters. The summed E-state index contributed by atoms with van der Waals surface area (Å²) in [6, 6.07) is 0. The van der Waals surface area contributed by atoms with E-state index in [-0.39, 0.29) is 30.2 Å². The molecule has 0 saturated carbocycles. The zero-order valence-corrected chi connectivity index (χ0v) is 12.3. The predicted octanol–water partition coefficient (Wildman–Crippen LogP) is 0.200. The van der Waals surface area contributed by atoms with Crippen molar-refractivity contribution in [2.24, 2.45) is 16.8 Å². The first-order chi connectivity index (χ1) is 8.90. The van der Waals surface area contributed by atoms with Crippen LogP contribution in [0.1, 0.15) is 26.7 Å². The van der Waals surface area contributed by atoms with Crippen molar-refractivity contribution in [2.75, 3.05) is 25.4 Å². The number of hydrogen-bond acceptors (Lipinski definition) is 5. The van der Waals surface area contributed by atoms with Crippen molar-refractivity contribution in [1.29, 1.82) is 0 Å². The molecule has 1 aliphatic heterocycles. The third kappa shape index (κ3) is 4.63. The fraction of sp³-hybridized carbons (Fsp3) is 0.909. The zero-order valence-electron chi connectivity index (χ0n) is 11.4. The summed E-state index contributed by atoms with van der Waals surface area (Å²) in [6.45, 7) is 4.69. The van der Waals surface area contributed by atoms with Crippen LogP contribution in [0.15, 0.2) is 5.16 Å². The molecule has 7 nitrogen and oxygen atoms in total. The van der Waals surface area contributed by atoms with Crippen LogP contribution in [-0.2, 0) is 14.8 Å². The molecular formula is C11H23N3O4S. The van der Waals surface area contributed by atoms with E-state index in [4.69, 9.17) is 15.7 Å². The van der Waals surface area contributed by atoms with Gasteiger partial charge in [-0.2, -0.15) is 0 Å². The SMILES string of the molecule is CCN(CC(C)C(N)=NO)S(=O)(=O)CC1CCCO1. The maximum absolute atomic E-state index is 12.3. The van der Waals surface area contributed by atoms with E-state index in [2.05, 4.69) is 5.16 Å². The average Bonchev–Trinajstić information content (AvgIpc) is 2.86. The molecule has 0 aromatic carbocycles. The summed E-state index contributed by atoms with van der Waals surface area (Å²) < 4.78 is 31.3. The number of ether oxygens (including phenoxy) is 1. The number of sulfonamides is 1. The van der Waals surface area contributed by atoms with Gasteiger partial charge in [-0.15, -0.1) is 0 Å². The van der Waals surface area contributed by atoms with E-state index >= 15 is 0 Å². The molecule has 2 unspecified atom stereocenters. The Bertz CT molecular complexity index is 404. The first-order valence-corrected chi connectivity index (χ1v) is 8.08. The Balaban J connectivity index is 2.66. The molecule has 1 heterocycles. The summed E-state index contributed by atoms with van der Waals surface area (Å²) in [5.74, 6) is -0.293. The Morgan fingerprint density at radius 2 is 2.32 bits per heavy atom. The zero-order chi connectivity index (χ0) is 14.5. The van der Waals surface area contributed by atoms with E-state index in [9.17, 15) is 8.42 Å². The van der Waals surface area contributed by atoms with Crippen molar-refractivity contribution in [3.63, 3.8) is 0 Å². The molecule has 0 radical (unpaired) electrons. The minimum Gasteiger partial charge on any atom is -0.409 e. The second-order valence-electron chi connectivity index (χ2n) is 4.79. The Morgan fingerprint density at radius 1 is 1.63 bits per heavy atom. The lowest BCUT2D eigenvalue weighted by molar-refractivity contribution is 0.126. The summed E-state index contributed by atoms with van der Waals surface area (Å²) in [6.07, 6.45) is 1.48. The van der Waals surface area contributed by atoms with Gasteiger partial charge < -0.3 is 15.7 Å². The van der Waals surface area contributed by atoms with Gasteiger partial charge in [0.1, 0.15) is 5.84 Å². The number of rotatable bonds is 7. The standard InChI is InChI=1S/C11H23N3O4S/c1-3-14(7-9(2)11(12)13-15)19(16,17)8-10-5-4-6-18-10/h9-10,15H,3-8H2,1-2H3,(H2,12,13). The Hall–Kier alpha value is -0.860. The van der Waals surface area contributed by atoms with Crippen molar-refractivity contribution in [3.05, 3.63) is 0 Å². The van der Waals surface area contributed by atoms with Crippen LogP contribution < -0.4 is 5.73 Å².